The molecule has 0 aliphatic carbocycles. The van der Waals surface area contributed by atoms with Crippen LogP contribution in [0.15, 0.2) is 12.4 Å². The maximum absolute atomic E-state index is 6.02. The van der Waals surface area contributed by atoms with Gasteiger partial charge in [0.15, 0.2) is 0 Å². The molecule has 6 nitrogen and oxygen atoms in total. The van der Waals surface area contributed by atoms with E-state index in [-0.39, 0.29) is 5.60 Å². The van der Waals surface area contributed by atoms with Gasteiger partial charge in [0.05, 0.1) is 12.2 Å². The first kappa shape index (κ1) is 11.7. The van der Waals surface area contributed by atoms with Gasteiger partial charge in [-0.15, -0.1) is 0 Å². The summed E-state index contributed by atoms with van der Waals surface area (Å²) < 4.78 is 7.41. The van der Waals surface area contributed by atoms with Crippen molar-refractivity contribution >= 4 is 23.2 Å². The van der Waals surface area contributed by atoms with Crippen LogP contribution in [0.2, 0.25) is 5.15 Å². The monoisotopic (exact) mass is 267 g/mol. The minimum absolute atomic E-state index is 0.180. The Labute approximate surface area is 110 Å². The van der Waals surface area contributed by atoms with Crippen molar-refractivity contribution in [1.82, 2.24) is 19.6 Å². The van der Waals surface area contributed by atoms with E-state index in [0.29, 0.717) is 17.5 Å². The van der Waals surface area contributed by atoms with Crippen molar-refractivity contribution in [2.45, 2.75) is 19.4 Å². The molecule has 1 saturated heterocycles. The SMILES string of the molecule is CC1(C)CN(c2cc(Cl)nc3ncnn23)CCO1. The molecule has 2 aromatic heterocycles. The molecule has 0 bridgehead atoms. The normalized spacial score (nSPS) is 19.4. The van der Waals surface area contributed by atoms with Gasteiger partial charge in [0.25, 0.3) is 5.78 Å². The van der Waals surface area contributed by atoms with Gasteiger partial charge in [0.1, 0.15) is 17.3 Å². The molecule has 0 spiro atoms. The van der Waals surface area contributed by atoms with Crippen LogP contribution in [0.4, 0.5) is 5.82 Å². The Bertz CT molecular complexity index is 582. The highest BCUT2D eigenvalue weighted by molar-refractivity contribution is 6.29. The van der Waals surface area contributed by atoms with Gasteiger partial charge in [-0.1, -0.05) is 11.6 Å². The molecule has 0 aromatic carbocycles. The highest BCUT2D eigenvalue weighted by Gasteiger charge is 2.28. The van der Waals surface area contributed by atoms with Crippen LogP contribution in [0.1, 0.15) is 13.8 Å². The predicted octanol–water partition coefficient (Wildman–Crippen LogP) is 1.39. The molecule has 0 unspecified atom stereocenters. The number of morpholine rings is 1. The number of hydrogen-bond donors (Lipinski definition) is 0. The fourth-order valence-electron chi connectivity index (χ4n) is 2.21. The Morgan fingerprint density at radius 1 is 1.44 bits per heavy atom. The molecule has 0 saturated carbocycles. The Kier molecular flexibility index (Phi) is 2.64. The van der Waals surface area contributed by atoms with Gasteiger partial charge in [-0.05, 0) is 13.8 Å². The molecule has 0 radical (unpaired) electrons. The standard InChI is InChI=1S/C11H14ClN5O/c1-11(2)6-16(3-4-18-11)9-5-8(12)15-10-13-7-14-17(9)10/h5,7H,3-4,6H2,1-2H3. The van der Waals surface area contributed by atoms with E-state index in [0.717, 1.165) is 18.9 Å². The van der Waals surface area contributed by atoms with Crippen LogP contribution < -0.4 is 4.90 Å². The highest BCUT2D eigenvalue weighted by Crippen LogP contribution is 2.24. The van der Waals surface area contributed by atoms with E-state index in [1.54, 1.807) is 4.52 Å². The van der Waals surface area contributed by atoms with Gasteiger partial charge < -0.3 is 9.64 Å². The number of ether oxygens (including phenoxy) is 1. The van der Waals surface area contributed by atoms with E-state index >= 15 is 0 Å². The molecule has 1 aliphatic heterocycles. The molecule has 18 heavy (non-hydrogen) atoms. The maximum Gasteiger partial charge on any atom is 0.255 e. The Hall–Kier alpha value is -1.40. The molecule has 0 atom stereocenters. The van der Waals surface area contributed by atoms with Gasteiger partial charge in [-0.3, -0.25) is 0 Å². The average Bonchev–Trinajstić information content (AvgIpc) is 2.74. The molecular weight excluding hydrogens is 254 g/mol. The smallest absolute Gasteiger partial charge is 0.255 e. The highest BCUT2D eigenvalue weighted by atomic mass is 35.5. The molecule has 3 heterocycles. The third-order valence-corrected chi connectivity index (χ3v) is 3.15. The summed E-state index contributed by atoms with van der Waals surface area (Å²) in [4.78, 5) is 10.4. The van der Waals surface area contributed by atoms with Crippen LogP contribution in [0.3, 0.4) is 0 Å². The number of anilines is 1. The topological polar surface area (TPSA) is 55.6 Å². The number of halogens is 1. The number of aromatic nitrogens is 4. The summed E-state index contributed by atoms with van der Waals surface area (Å²) in [7, 11) is 0. The summed E-state index contributed by atoms with van der Waals surface area (Å²) in [6, 6.07) is 1.81. The summed E-state index contributed by atoms with van der Waals surface area (Å²) in [6.45, 7) is 6.41. The van der Waals surface area contributed by atoms with Gasteiger partial charge in [-0.2, -0.15) is 19.6 Å². The minimum Gasteiger partial charge on any atom is -0.372 e. The van der Waals surface area contributed by atoms with E-state index in [2.05, 4.69) is 33.8 Å². The summed E-state index contributed by atoms with van der Waals surface area (Å²) in [6.07, 6.45) is 1.48. The lowest BCUT2D eigenvalue weighted by atomic mass is 10.1. The Balaban J connectivity index is 2.05. The van der Waals surface area contributed by atoms with Gasteiger partial charge in [0.2, 0.25) is 0 Å². The maximum atomic E-state index is 6.02. The largest absolute Gasteiger partial charge is 0.372 e. The summed E-state index contributed by atoms with van der Waals surface area (Å²) >= 11 is 6.02. The summed E-state index contributed by atoms with van der Waals surface area (Å²) in [5.74, 6) is 1.42. The first-order valence-electron chi connectivity index (χ1n) is 5.80. The molecule has 2 aromatic rings. The number of rotatable bonds is 1. The van der Waals surface area contributed by atoms with Crippen molar-refractivity contribution in [1.29, 1.82) is 0 Å². The average molecular weight is 268 g/mol. The van der Waals surface area contributed by atoms with E-state index in [1.165, 1.54) is 6.33 Å². The minimum atomic E-state index is -0.180. The quantitative estimate of drug-likeness (QED) is 0.731. The Morgan fingerprint density at radius 2 is 2.28 bits per heavy atom. The zero-order valence-corrected chi connectivity index (χ0v) is 11.1. The molecule has 7 heteroatoms. The molecule has 96 valence electrons. The van der Waals surface area contributed by atoms with Crippen molar-refractivity contribution in [2.75, 3.05) is 24.6 Å². The van der Waals surface area contributed by atoms with Crippen molar-refractivity contribution in [3.05, 3.63) is 17.5 Å². The van der Waals surface area contributed by atoms with E-state index < -0.39 is 0 Å². The third kappa shape index (κ3) is 2.02. The van der Waals surface area contributed by atoms with Crippen LogP contribution in [0.5, 0.6) is 0 Å². The van der Waals surface area contributed by atoms with E-state index in [1.807, 2.05) is 6.07 Å². The lowest BCUT2D eigenvalue weighted by Gasteiger charge is -2.39. The van der Waals surface area contributed by atoms with Crippen LogP contribution in [0.25, 0.3) is 5.78 Å². The fraction of sp³-hybridized carbons (Fsp3) is 0.545. The van der Waals surface area contributed by atoms with Crippen molar-refractivity contribution < 1.29 is 4.74 Å². The van der Waals surface area contributed by atoms with Gasteiger partial charge >= 0.3 is 0 Å². The van der Waals surface area contributed by atoms with Crippen LogP contribution in [-0.2, 0) is 4.74 Å². The lowest BCUT2D eigenvalue weighted by molar-refractivity contribution is -0.0280. The van der Waals surface area contributed by atoms with Crippen molar-refractivity contribution in [3.8, 4) is 0 Å². The second-order valence-electron chi connectivity index (χ2n) is 4.94. The fourth-order valence-corrected chi connectivity index (χ4v) is 2.38. The van der Waals surface area contributed by atoms with Crippen LogP contribution in [-0.4, -0.2) is 44.9 Å². The number of nitrogens with zero attached hydrogens (tertiary/aromatic N) is 5. The van der Waals surface area contributed by atoms with Crippen molar-refractivity contribution in [2.24, 2.45) is 0 Å². The Morgan fingerprint density at radius 3 is 3.06 bits per heavy atom. The first-order chi connectivity index (χ1) is 8.55. The molecule has 0 amide bonds. The van der Waals surface area contributed by atoms with Crippen LogP contribution >= 0.6 is 11.6 Å². The second-order valence-corrected chi connectivity index (χ2v) is 5.33. The number of fused-ring (bicyclic) bond motifs is 1. The summed E-state index contributed by atoms with van der Waals surface area (Å²) in [5.41, 5.74) is -0.180. The van der Waals surface area contributed by atoms with E-state index in [9.17, 15) is 0 Å². The zero-order valence-electron chi connectivity index (χ0n) is 10.3. The van der Waals surface area contributed by atoms with Crippen molar-refractivity contribution in [3.63, 3.8) is 0 Å². The third-order valence-electron chi connectivity index (χ3n) is 2.95. The van der Waals surface area contributed by atoms with Gasteiger partial charge in [0, 0.05) is 19.2 Å². The van der Waals surface area contributed by atoms with Crippen LogP contribution in [0, 0.1) is 0 Å². The zero-order chi connectivity index (χ0) is 12.8. The number of hydrogen-bond acceptors (Lipinski definition) is 5. The molecule has 1 aliphatic rings. The van der Waals surface area contributed by atoms with Gasteiger partial charge in [-0.25, -0.2) is 0 Å². The predicted molar refractivity (Wildman–Crippen MR) is 68.0 cm³/mol. The summed E-state index contributed by atoms with van der Waals surface area (Å²) in [5, 5.41) is 4.61. The molecular formula is C11H14ClN5O. The first-order valence-corrected chi connectivity index (χ1v) is 6.18. The molecule has 0 N–H and O–H groups in total. The lowest BCUT2D eigenvalue weighted by Crippen LogP contribution is -2.49. The molecule has 3 rings (SSSR count). The molecule has 1 fully saturated rings. The second kappa shape index (κ2) is 4.07. The van der Waals surface area contributed by atoms with E-state index in [4.69, 9.17) is 16.3 Å².